The number of aromatic nitrogens is 2. The number of guanidine groups is 1. The van der Waals surface area contributed by atoms with Gasteiger partial charge in [-0.25, -0.2) is 4.98 Å². The molecule has 3 atom stereocenters. The fourth-order valence-corrected chi connectivity index (χ4v) is 7.39. The number of aryl methyl sites for hydroxylation is 1. The minimum Gasteiger partial charge on any atom is -0.399 e. The van der Waals surface area contributed by atoms with E-state index in [1.165, 1.54) is 21.0 Å². The molecule has 1 aromatic heterocycles. The molecular weight excluding hydrogens is 843 g/mol. The third kappa shape index (κ3) is 20.4. The number of primary amides is 1. The Morgan fingerprint density at radius 2 is 1.27 bits per heavy atom. The van der Waals surface area contributed by atoms with Gasteiger partial charge < -0.3 is 70.5 Å². The first-order valence-electron chi connectivity index (χ1n) is 22.1. The van der Waals surface area contributed by atoms with Gasteiger partial charge in [0.25, 0.3) is 0 Å². The van der Waals surface area contributed by atoms with Crippen molar-refractivity contribution in [1.82, 2.24) is 35.3 Å². The lowest BCUT2D eigenvalue weighted by atomic mass is 10.0. The van der Waals surface area contributed by atoms with Gasteiger partial charge in [0.2, 0.25) is 35.4 Å². The average Bonchev–Trinajstić information content (AvgIpc) is 3.79. The van der Waals surface area contributed by atoms with E-state index in [9.17, 15) is 28.8 Å². The van der Waals surface area contributed by atoms with Crippen LogP contribution < -0.4 is 50.8 Å². The maximum atomic E-state index is 14.3. The highest BCUT2D eigenvalue weighted by Gasteiger charge is 2.33. The normalized spacial score (nSPS) is 12.4. The number of thiol groups is 1. The van der Waals surface area contributed by atoms with Gasteiger partial charge in [0.05, 0.1) is 6.33 Å². The molecule has 0 saturated heterocycles. The number of imidazole rings is 1. The molecule has 1 heterocycles. The topological polar surface area (TPSA) is 359 Å². The van der Waals surface area contributed by atoms with E-state index < -0.39 is 35.8 Å². The van der Waals surface area contributed by atoms with Gasteiger partial charge in [0.1, 0.15) is 18.1 Å². The van der Waals surface area contributed by atoms with Gasteiger partial charge in [-0.3, -0.25) is 33.8 Å². The van der Waals surface area contributed by atoms with Crippen LogP contribution >= 0.6 is 12.6 Å². The van der Waals surface area contributed by atoms with E-state index in [0.717, 1.165) is 5.56 Å². The van der Waals surface area contributed by atoms with Crippen LogP contribution in [0.4, 0.5) is 5.69 Å². The lowest BCUT2D eigenvalue weighted by Crippen LogP contribution is -2.56. The highest BCUT2D eigenvalue weighted by molar-refractivity contribution is 7.80. The zero-order valence-electron chi connectivity index (χ0n) is 37.1. The number of amides is 6. The zero-order chi connectivity index (χ0) is 47.3. The smallest absolute Gasteiger partial charge is 0.243 e. The summed E-state index contributed by atoms with van der Waals surface area (Å²) in [5.41, 5.74) is 42.0. The van der Waals surface area contributed by atoms with Crippen molar-refractivity contribution >= 4 is 59.7 Å². The number of hydrogen-bond donors (Lipinski definition) is 11. The van der Waals surface area contributed by atoms with Gasteiger partial charge in [0.15, 0.2) is 5.96 Å². The third-order valence-electron chi connectivity index (χ3n) is 10.6. The Morgan fingerprint density at radius 3 is 1.84 bits per heavy atom. The van der Waals surface area contributed by atoms with E-state index >= 15 is 0 Å². The number of nitrogen functional groups attached to an aromatic ring is 1. The first kappa shape index (κ1) is 54.7. The molecule has 21 nitrogen and oxygen atoms in total. The molecule has 2 aromatic rings. The number of aromatic amines is 1. The Balaban J connectivity index is 2.40. The van der Waals surface area contributed by atoms with Crippen LogP contribution in [0.2, 0.25) is 0 Å². The van der Waals surface area contributed by atoms with Crippen LogP contribution in [0, 0.1) is 0 Å². The SMILES string of the molecule is NCCCCCC(=O)N(CCNC(=O)C(CCCN=C(N)N)N(CCN)C(=O)CCS)C(Cc1cnc[nH]1)C(=O)NCCN(C(=O)CCc1ccc(N)cc1)C(CCCCN)C(N)=O. The van der Waals surface area contributed by atoms with Gasteiger partial charge in [-0.1, -0.05) is 18.6 Å². The fourth-order valence-electron chi connectivity index (χ4n) is 7.20. The number of carbonyl (C=O) groups excluding carboxylic acids is 6. The molecule has 22 heteroatoms. The molecule has 0 aliphatic heterocycles. The second-order valence-corrected chi connectivity index (χ2v) is 15.9. The van der Waals surface area contributed by atoms with Crippen molar-refractivity contribution in [2.24, 2.45) is 39.4 Å². The molecule has 64 heavy (non-hydrogen) atoms. The third-order valence-corrected chi connectivity index (χ3v) is 10.8. The van der Waals surface area contributed by atoms with Crippen LogP contribution in [-0.4, -0.2) is 149 Å². The molecule has 0 bridgehead atoms. The number of H-pyrrole nitrogens is 1. The second-order valence-electron chi connectivity index (χ2n) is 15.4. The minimum atomic E-state index is -1.09. The first-order valence-corrected chi connectivity index (χ1v) is 22.7. The van der Waals surface area contributed by atoms with Crippen LogP contribution in [0.3, 0.4) is 0 Å². The number of aliphatic imine (C=N–C) groups is 1. The van der Waals surface area contributed by atoms with E-state index in [1.54, 1.807) is 18.3 Å². The molecule has 0 fully saturated rings. The predicted molar refractivity (Wildman–Crippen MR) is 251 cm³/mol. The molecule has 0 aliphatic carbocycles. The van der Waals surface area contributed by atoms with E-state index in [1.807, 2.05) is 12.1 Å². The van der Waals surface area contributed by atoms with Crippen LogP contribution in [0.1, 0.15) is 81.9 Å². The number of nitrogens with two attached hydrogens (primary N) is 7. The Kier molecular flexibility index (Phi) is 26.8. The summed E-state index contributed by atoms with van der Waals surface area (Å²) in [6, 6.07) is 4.19. The number of nitrogens with one attached hydrogen (secondary N) is 3. The predicted octanol–water partition coefficient (Wildman–Crippen LogP) is -1.54. The number of rotatable bonds is 34. The molecule has 1 aromatic carbocycles. The zero-order valence-corrected chi connectivity index (χ0v) is 38.0. The largest absolute Gasteiger partial charge is 0.399 e. The van der Waals surface area contributed by atoms with Crippen molar-refractivity contribution in [3.05, 3.63) is 48.0 Å². The summed E-state index contributed by atoms with van der Waals surface area (Å²) in [6.45, 7) is 1.07. The lowest BCUT2D eigenvalue weighted by Gasteiger charge is -2.33. The van der Waals surface area contributed by atoms with Crippen molar-refractivity contribution in [2.75, 3.05) is 70.4 Å². The first-order chi connectivity index (χ1) is 30.8. The molecule has 2 rings (SSSR count). The molecule has 6 amide bonds. The monoisotopic (exact) mass is 916 g/mol. The summed E-state index contributed by atoms with van der Waals surface area (Å²) in [5.74, 6) is -2.48. The number of benzene rings is 1. The van der Waals surface area contributed by atoms with E-state index in [-0.39, 0.29) is 107 Å². The summed E-state index contributed by atoms with van der Waals surface area (Å²) >= 11 is 4.20. The lowest BCUT2D eigenvalue weighted by molar-refractivity contribution is -0.142. The van der Waals surface area contributed by atoms with Crippen LogP contribution in [0.25, 0.3) is 0 Å². The van der Waals surface area contributed by atoms with Crippen molar-refractivity contribution in [1.29, 1.82) is 0 Å². The molecule has 3 unspecified atom stereocenters. The number of carbonyl (C=O) groups is 6. The molecule has 0 saturated carbocycles. The molecule has 0 radical (unpaired) electrons. The number of hydrogen-bond acceptors (Lipinski definition) is 13. The standard InChI is InChI=1S/C42H73N15O6S/c43-17-4-1-2-9-36(58)57(25-22-51-40(62)34(8-6-20-53-42(48)49)55(23-19-45)38(60)16-26-64)35(27-32-28-50-29-54-32)41(63)52-21-24-56(33(39(47)61)7-3-5-18-44)37(59)15-12-30-10-13-31(46)14-11-30/h10-11,13-14,28-29,33-35,64H,1-9,12,15-27,43-46H2,(H2,47,61)(H,50,54)(H,51,62)(H,52,63)(H4,48,49,53). The van der Waals surface area contributed by atoms with E-state index in [0.29, 0.717) is 75.8 Å². The number of nitrogens with zero attached hydrogens (tertiary/aromatic N) is 5. The Hall–Kier alpha value is -5.45. The average molecular weight is 916 g/mol. The molecule has 17 N–H and O–H groups in total. The van der Waals surface area contributed by atoms with Crippen molar-refractivity contribution < 1.29 is 28.8 Å². The highest BCUT2D eigenvalue weighted by atomic mass is 32.1. The van der Waals surface area contributed by atoms with Crippen molar-refractivity contribution in [2.45, 2.75) is 102 Å². The summed E-state index contributed by atoms with van der Waals surface area (Å²) in [7, 11) is 0. The van der Waals surface area contributed by atoms with Gasteiger partial charge in [0, 0.05) is 89.1 Å². The maximum absolute atomic E-state index is 14.3. The molecule has 358 valence electrons. The van der Waals surface area contributed by atoms with Gasteiger partial charge in [-0.15, -0.1) is 0 Å². The summed E-state index contributed by atoms with van der Waals surface area (Å²) in [5, 5.41) is 5.78. The van der Waals surface area contributed by atoms with Gasteiger partial charge in [-0.2, -0.15) is 12.6 Å². The second kappa shape index (κ2) is 31.4. The summed E-state index contributed by atoms with van der Waals surface area (Å²) < 4.78 is 0. The van der Waals surface area contributed by atoms with E-state index in [4.69, 9.17) is 40.1 Å². The highest BCUT2D eigenvalue weighted by Crippen LogP contribution is 2.16. The van der Waals surface area contributed by atoms with Gasteiger partial charge in [-0.05, 0) is 87.9 Å². The van der Waals surface area contributed by atoms with Crippen LogP contribution in [0.5, 0.6) is 0 Å². The fraction of sp³-hybridized carbons (Fsp3) is 0.619. The number of unbranched alkanes of at least 4 members (excludes halogenated alkanes) is 3. The Morgan fingerprint density at radius 1 is 0.688 bits per heavy atom. The molecule has 0 aliphatic rings. The molecule has 0 spiro atoms. The Bertz CT molecular complexity index is 1730. The summed E-state index contributed by atoms with van der Waals surface area (Å²) in [4.78, 5) is 97.4. The van der Waals surface area contributed by atoms with Crippen molar-refractivity contribution in [3.8, 4) is 0 Å². The van der Waals surface area contributed by atoms with Crippen molar-refractivity contribution in [3.63, 3.8) is 0 Å². The van der Waals surface area contributed by atoms with Gasteiger partial charge >= 0.3 is 0 Å². The van der Waals surface area contributed by atoms with Crippen LogP contribution in [0.15, 0.2) is 41.8 Å². The minimum absolute atomic E-state index is 0.0392. The maximum Gasteiger partial charge on any atom is 0.243 e. The molecular formula is C42H73N15O6S. The quantitative estimate of drug-likeness (QED) is 0.0125. The summed E-state index contributed by atoms with van der Waals surface area (Å²) in [6.07, 6.45) is 7.70. The Labute approximate surface area is 382 Å². The van der Waals surface area contributed by atoms with Crippen LogP contribution in [-0.2, 0) is 41.6 Å². The van der Waals surface area contributed by atoms with E-state index in [2.05, 4.69) is 38.2 Å². The number of anilines is 1.